The maximum absolute atomic E-state index is 13.0. The van der Waals surface area contributed by atoms with Crippen LogP contribution in [0.25, 0.3) is 6.08 Å². The van der Waals surface area contributed by atoms with Crippen LogP contribution in [0.4, 0.5) is 0 Å². The highest BCUT2D eigenvalue weighted by Gasteiger charge is 2.33. The molecule has 0 saturated carbocycles. The van der Waals surface area contributed by atoms with Gasteiger partial charge in [-0.25, -0.2) is 0 Å². The number of benzene rings is 2. The standard InChI is InChI=1S/C21H19Cl2NO4/c1-12-20-13(10-24(11-27-20)6-7-26-2)8-15-19(25)18(28-21(12)15)9-14-16(22)4-3-5-17(14)23/h3-5,8-9H,6-7,10-11H2,1-2H3/b18-9-. The third kappa shape index (κ3) is 3.40. The van der Waals surface area contributed by atoms with Crippen LogP contribution in [-0.2, 0) is 11.3 Å². The number of halogens is 2. The van der Waals surface area contributed by atoms with E-state index in [1.807, 2.05) is 13.0 Å². The number of methoxy groups -OCH3 is 1. The van der Waals surface area contributed by atoms with Gasteiger partial charge in [-0.15, -0.1) is 0 Å². The Kier molecular flexibility index (Phi) is 5.34. The molecule has 2 aromatic rings. The van der Waals surface area contributed by atoms with Crippen molar-refractivity contribution in [2.45, 2.75) is 13.5 Å². The van der Waals surface area contributed by atoms with Crippen molar-refractivity contribution in [3.63, 3.8) is 0 Å². The Bertz CT molecular complexity index is 967. The summed E-state index contributed by atoms with van der Waals surface area (Å²) in [6.45, 7) is 4.45. The van der Waals surface area contributed by atoms with E-state index in [1.54, 1.807) is 31.4 Å². The summed E-state index contributed by atoms with van der Waals surface area (Å²) in [6, 6.07) is 7.05. The molecule has 0 fully saturated rings. The Balaban J connectivity index is 1.69. The smallest absolute Gasteiger partial charge is 0.231 e. The van der Waals surface area contributed by atoms with Gasteiger partial charge >= 0.3 is 0 Å². The summed E-state index contributed by atoms with van der Waals surface area (Å²) in [5, 5.41) is 0.918. The van der Waals surface area contributed by atoms with Gasteiger partial charge in [0.1, 0.15) is 18.2 Å². The number of rotatable bonds is 4. The lowest BCUT2D eigenvalue weighted by Gasteiger charge is -2.30. The van der Waals surface area contributed by atoms with Crippen molar-refractivity contribution in [2.75, 3.05) is 27.0 Å². The SMILES string of the molecule is COCCN1COc2c(cc3c(c2C)O/C(=C\c2c(Cl)cccc2Cl)C3=O)C1. The molecule has 2 aromatic carbocycles. The number of ether oxygens (including phenoxy) is 3. The van der Waals surface area contributed by atoms with Gasteiger partial charge in [0.05, 0.1) is 12.2 Å². The first-order chi connectivity index (χ1) is 13.5. The van der Waals surface area contributed by atoms with Gasteiger partial charge in [0.2, 0.25) is 5.78 Å². The van der Waals surface area contributed by atoms with Gasteiger partial charge in [-0.3, -0.25) is 9.69 Å². The normalized spacial score (nSPS) is 17.3. The topological polar surface area (TPSA) is 48.0 Å². The maximum atomic E-state index is 13.0. The van der Waals surface area contributed by atoms with Gasteiger partial charge in [-0.1, -0.05) is 29.3 Å². The van der Waals surface area contributed by atoms with Gasteiger partial charge in [-0.05, 0) is 31.2 Å². The van der Waals surface area contributed by atoms with Crippen LogP contribution in [0.2, 0.25) is 10.0 Å². The van der Waals surface area contributed by atoms with Crippen molar-refractivity contribution < 1.29 is 19.0 Å². The minimum absolute atomic E-state index is 0.189. The molecular weight excluding hydrogens is 401 g/mol. The molecule has 5 nitrogen and oxygen atoms in total. The summed E-state index contributed by atoms with van der Waals surface area (Å²) >= 11 is 12.5. The van der Waals surface area contributed by atoms with Crippen LogP contribution in [0.3, 0.4) is 0 Å². The van der Waals surface area contributed by atoms with Crippen molar-refractivity contribution >= 4 is 35.1 Å². The molecule has 28 heavy (non-hydrogen) atoms. The Labute approximate surface area is 173 Å². The lowest BCUT2D eigenvalue weighted by Crippen LogP contribution is -2.34. The Morgan fingerprint density at radius 2 is 2.00 bits per heavy atom. The zero-order valence-corrected chi connectivity index (χ0v) is 17.1. The highest BCUT2D eigenvalue weighted by atomic mass is 35.5. The quantitative estimate of drug-likeness (QED) is 0.671. The van der Waals surface area contributed by atoms with E-state index >= 15 is 0 Å². The van der Waals surface area contributed by atoms with E-state index in [2.05, 4.69) is 4.90 Å². The van der Waals surface area contributed by atoms with E-state index in [0.29, 0.717) is 46.8 Å². The van der Waals surface area contributed by atoms with Crippen LogP contribution in [0.5, 0.6) is 11.5 Å². The van der Waals surface area contributed by atoms with Crippen LogP contribution in [0.1, 0.15) is 27.0 Å². The molecule has 0 aromatic heterocycles. The fraction of sp³-hybridized carbons (Fsp3) is 0.286. The molecular formula is C21H19Cl2NO4. The fourth-order valence-electron chi connectivity index (χ4n) is 3.44. The minimum atomic E-state index is -0.189. The van der Waals surface area contributed by atoms with Crippen LogP contribution < -0.4 is 9.47 Å². The number of hydrogen-bond acceptors (Lipinski definition) is 5. The van der Waals surface area contributed by atoms with Crippen LogP contribution >= 0.6 is 23.2 Å². The predicted octanol–water partition coefficient (Wildman–Crippen LogP) is 4.72. The molecule has 2 aliphatic rings. The number of Topliss-reactive ketones (excluding diaryl/α,β-unsaturated/α-hetero) is 1. The third-order valence-electron chi connectivity index (χ3n) is 4.89. The highest BCUT2D eigenvalue weighted by molar-refractivity contribution is 6.37. The first-order valence-corrected chi connectivity index (χ1v) is 9.64. The lowest BCUT2D eigenvalue weighted by molar-refractivity contribution is 0.0649. The van der Waals surface area contributed by atoms with Crippen LogP contribution in [0.15, 0.2) is 30.0 Å². The lowest BCUT2D eigenvalue weighted by atomic mass is 10.00. The molecule has 0 radical (unpaired) electrons. The molecule has 0 unspecified atom stereocenters. The monoisotopic (exact) mass is 419 g/mol. The fourth-order valence-corrected chi connectivity index (χ4v) is 3.95. The molecule has 146 valence electrons. The second-order valence-corrected chi connectivity index (χ2v) is 7.57. The third-order valence-corrected chi connectivity index (χ3v) is 5.55. The average molecular weight is 420 g/mol. The van der Waals surface area contributed by atoms with E-state index in [4.69, 9.17) is 37.4 Å². The molecule has 0 N–H and O–H groups in total. The van der Waals surface area contributed by atoms with Gasteiger partial charge in [0.15, 0.2) is 5.76 Å². The summed E-state index contributed by atoms with van der Waals surface area (Å²) in [6.07, 6.45) is 1.59. The van der Waals surface area contributed by atoms with Crippen molar-refractivity contribution in [1.29, 1.82) is 0 Å². The second-order valence-electron chi connectivity index (χ2n) is 6.76. The largest absolute Gasteiger partial charge is 0.477 e. The number of nitrogens with zero attached hydrogens (tertiary/aromatic N) is 1. The predicted molar refractivity (Wildman–Crippen MR) is 108 cm³/mol. The Morgan fingerprint density at radius 1 is 1.25 bits per heavy atom. The van der Waals surface area contributed by atoms with E-state index in [-0.39, 0.29) is 11.5 Å². The summed E-state index contributed by atoms with van der Waals surface area (Å²) in [4.78, 5) is 15.1. The molecule has 2 heterocycles. The zero-order chi connectivity index (χ0) is 19.8. The molecule has 0 atom stereocenters. The van der Waals surface area contributed by atoms with Crippen molar-refractivity contribution in [1.82, 2.24) is 4.90 Å². The first kappa shape index (κ1) is 19.3. The highest BCUT2D eigenvalue weighted by Crippen LogP contribution is 2.43. The molecule has 0 bridgehead atoms. The summed E-state index contributed by atoms with van der Waals surface area (Å²) in [7, 11) is 1.67. The summed E-state index contributed by atoms with van der Waals surface area (Å²) in [5.74, 6) is 1.32. The Hall–Kier alpha value is -2.05. The first-order valence-electron chi connectivity index (χ1n) is 8.88. The number of carbonyl (C=O) groups excluding carboxylic acids is 1. The van der Waals surface area contributed by atoms with E-state index in [9.17, 15) is 4.79 Å². The zero-order valence-electron chi connectivity index (χ0n) is 15.6. The molecule has 0 spiro atoms. The summed E-state index contributed by atoms with van der Waals surface area (Å²) in [5.41, 5.74) is 2.88. The number of allylic oxidation sites excluding steroid dienone is 1. The molecule has 4 rings (SSSR count). The molecule has 0 saturated heterocycles. The number of carbonyl (C=O) groups is 1. The molecule has 2 aliphatic heterocycles. The van der Waals surface area contributed by atoms with E-state index in [1.165, 1.54) is 0 Å². The van der Waals surface area contributed by atoms with Crippen molar-refractivity contribution in [2.24, 2.45) is 0 Å². The van der Waals surface area contributed by atoms with Crippen molar-refractivity contribution in [3.8, 4) is 11.5 Å². The van der Waals surface area contributed by atoms with E-state index < -0.39 is 0 Å². The maximum Gasteiger partial charge on any atom is 0.231 e. The number of hydrogen-bond donors (Lipinski definition) is 0. The molecule has 0 aliphatic carbocycles. The van der Waals surface area contributed by atoms with Gasteiger partial charge < -0.3 is 14.2 Å². The summed E-state index contributed by atoms with van der Waals surface area (Å²) < 4.78 is 17.0. The molecule has 0 amide bonds. The number of ketones is 1. The molecule has 7 heteroatoms. The van der Waals surface area contributed by atoms with Gasteiger partial charge in [0, 0.05) is 46.9 Å². The minimum Gasteiger partial charge on any atom is -0.477 e. The number of fused-ring (bicyclic) bond motifs is 2. The van der Waals surface area contributed by atoms with E-state index in [0.717, 1.165) is 23.4 Å². The van der Waals surface area contributed by atoms with Gasteiger partial charge in [-0.2, -0.15) is 0 Å². The average Bonchev–Trinajstić information content (AvgIpc) is 2.99. The van der Waals surface area contributed by atoms with Crippen LogP contribution in [-0.4, -0.2) is 37.7 Å². The van der Waals surface area contributed by atoms with Gasteiger partial charge in [0.25, 0.3) is 0 Å². The van der Waals surface area contributed by atoms with Crippen LogP contribution in [0, 0.1) is 6.92 Å². The second kappa shape index (κ2) is 7.76. The van der Waals surface area contributed by atoms with Crippen molar-refractivity contribution in [3.05, 3.63) is 62.3 Å². The Morgan fingerprint density at radius 3 is 2.71 bits per heavy atom.